The largest absolute Gasteiger partial charge is 0.484 e. The van der Waals surface area contributed by atoms with Crippen molar-refractivity contribution < 1.29 is 9.53 Å². The van der Waals surface area contributed by atoms with Crippen LogP contribution in [0.25, 0.3) is 0 Å². The number of hydrogen-bond acceptors (Lipinski definition) is 3. The van der Waals surface area contributed by atoms with E-state index in [1.165, 1.54) is 19.3 Å². The van der Waals surface area contributed by atoms with E-state index in [0.717, 1.165) is 18.1 Å². The number of nitrogens with zero attached hydrogens (tertiary/aromatic N) is 1. The monoisotopic (exact) mass is 292 g/mol. The van der Waals surface area contributed by atoms with E-state index in [0.29, 0.717) is 16.7 Å². The Bertz CT molecular complexity index is 527. The number of hydrogen-bond donors (Lipinski definition) is 1. The summed E-state index contributed by atoms with van der Waals surface area (Å²) in [4.78, 5) is 11.7. The molecule has 2 fully saturated rings. The third kappa shape index (κ3) is 3.12. The van der Waals surface area contributed by atoms with Crippen molar-refractivity contribution in [2.75, 3.05) is 6.61 Å². The standard InChI is InChI=1S/C15H17ClN2O2/c16-12-3-5-13(6-4-12)20-9-15(19)18-17-14-8-10-1-2-11(14)7-10/h3-6,10-11H,1-2,7-9H2,(H,18,19)/b17-14-. The van der Waals surface area contributed by atoms with Crippen LogP contribution in [-0.4, -0.2) is 18.2 Å². The van der Waals surface area contributed by atoms with Crippen LogP contribution in [-0.2, 0) is 4.79 Å². The Balaban J connectivity index is 1.46. The van der Waals surface area contributed by atoms with Gasteiger partial charge in [0.2, 0.25) is 0 Å². The quantitative estimate of drug-likeness (QED) is 0.867. The summed E-state index contributed by atoms with van der Waals surface area (Å²) in [6.45, 7) is -0.0352. The Kier molecular flexibility index (Phi) is 3.92. The minimum Gasteiger partial charge on any atom is -0.484 e. The van der Waals surface area contributed by atoms with Crippen molar-refractivity contribution in [2.24, 2.45) is 16.9 Å². The van der Waals surface area contributed by atoms with Crippen molar-refractivity contribution in [3.63, 3.8) is 0 Å². The summed E-state index contributed by atoms with van der Waals surface area (Å²) in [6.07, 6.45) is 4.83. The number of halogens is 1. The molecule has 106 valence electrons. The number of ether oxygens (including phenoxy) is 1. The molecule has 0 saturated heterocycles. The van der Waals surface area contributed by atoms with Gasteiger partial charge in [-0.15, -0.1) is 0 Å². The van der Waals surface area contributed by atoms with Gasteiger partial charge >= 0.3 is 0 Å². The van der Waals surface area contributed by atoms with Crippen LogP contribution >= 0.6 is 11.6 Å². The van der Waals surface area contributed by atoms with Gasteiger partial charge in [0.25, 0.3) is 5.91 Å². The third-order valence-electron chi connectivity index (χ3n) is 4.02. The van der Waals surface area contributed by atoms with Crippen LogP contribution in [0.1, 0.15) is 25.7 Å². The van der Waals surface area contributed by atoms with Crippen LogP contribution in [0.3, 0.4) is 0 Å². The van der Waals surface area contributed by atoms with Crippen LogP contribution < -0.4 is 10.2 Å². The van der Waals surface area contributed by atoms with E-state index in [1.807, 2.05) is 0 Å². The predicted octanol–water partition coefficient (Wildman–Crippen LogP) is 3.01. The molecule has 2 unspecified atom stereocenters. The van der Waals surface area contributed by atoms with Gasteiger partial charge in [0.05, 0.1) is 0 Å². The Morgan fingerprint density at radius 3 is 2.80 bits per heavy atom. The molecule has 2 aliphatic carbocycles. The van der Waals surface area contributed by atoms with E-state index in [4.69, 9.17) is 16.3 Å². The summed E-state index contributed by atoms with van der Waals surface area (Å²) >= 11 is 5.78. The Labute approximate surface area is 123 Å². The highest BCUT2D eigenvalue weighted by Gasteiger charge is 2.36. The number of amides is 1. The lowest BCUT2D eigenvalue weighted by atomic mass is 9.99. The molecule has 0 aromatic heterocycles. The Morgan fingerprint density at radius 1 is 1.35 bits per heavy atom. The van der Waals surface area contributed by atoms with E-state index < -0.39 is 0 Å². The first-order valence-corrected chi connectivity index (χ1v) is 7.32. The SMILES string of the molecule is O=C(COc1ccc(Cl)cc1)N/N=C1/CC2CCC1C2. The van der Waals surface area contributed by atoms with E-state index in [9.17, 15) is 4.79 Å². The Morgan fingerprint density at radius 2 is 2.15 bits per heavy atom. The number of carbonyl (C=O) groups is 1. The number of carbonyl (C=O) groups excluding carboxylic acids is 1. The van der Waals surface area contributed by atoms with Crippen molar-refractivity contribution >= 4 is 23.2 Å². The second-order valence-electron chi connectivity index (χ2n) is 5.46. The lowest BCUT2D eigenvalue weighted by Crippen LogP contribution is -2.26. The van der Waals surface area contributed by atoms with Gasteiger partial charge in [-0.1, -0.05) is 11.6 Å². The van der Waals surface area contributed by atoms with Gasteiger partial charge < -0.3 is 4.74 Å². The molecule has 1 amide bonds. The molecule has 1 aromatic rings. The van der Waals surface area contributed by atoms with Gasteiger partial charge in [0, 0.05) is 10.7 Å². The number of rotatable bonds is 4. The Hall–Kier alpha value is -1.55. The average molecular weight is 293 g/mol. The van der Waals surface area contributed by atoms with Crippen molar-refractivity contribution in [2.45, 2.75) is 25.7 Å². The highest BCUT2D eigenvalue weighted by atomic mass is 35.5. The van der Waals surface area contributed by atoms with Gasteiger partial charge in [-0.2, -0.15) is 5.10 Å². The van der Waals surface area contributed by atoms with Crippen LogP contribution in [0.15, 0.2) is 29.4 Å². The van der Waals surface area contributed by atoms with Gasteiger partial charge in [0.15, 0.2) is 6.61 Å². The molecule has 3 rings (SSSR count). The van der Waals surface area contributed by atoms with Crippen molar-refractivity contribution in [3.05, 3.63) is 29.3 Å². The maximum atomic E-state index is 11.7. The summed E-state index contributed by atoms with van der Waals surface area (Å²) < 4.78 is 5.36. The molecular weight excluding hydrogens is 276 g/mol. The van der Waals surface area contributed by atoms with Crippen LogP contribution in [0.2, 0.25) is 5.02 Å². The maximum absolute atomic E-state index is 11.7. The highest BCUT2D eigenvalue weighted by Crippen LogP contribution is 2.42. The highest BCUT2D eigenvalue weighted by molar-refractivity contribution is 6.30. The summed E-state index contributed by atoms with van der Waals surface area (Å²) in [5.41, 5.74) is 3.74. The molecule has 1 N–H and O–H groups in total. The zero-order valence-electron chi connectivity index (χ0n) is 11.1. The number of hydrazone groups is 1. The van der Waals surface area contributed by atoms with Gasteiger partial charge in [0.1, 0.15) is 5.75 Å². The van der Waals surface area contributed by atoms with Gasteiger partial charge in [-0.3, -0.25) is 4.79 Å². The minimum absolute atomic E-state index is 0.0352. The summed E-state index contributed by atoms with van der Waals surface area (Å²) in [7, 11) is 0. The second kappa shape index (κ2) is 5.83. The lowest BCUT2D eigenvalue weighted by molar-refractivity contribution is -0.123. The van der Waals surface area contributed by atoms with Crippen molar-refractivity contribution in [1.82, 2.24) is 5.43 Å². The molecule has 2 saturated carbocycles. The van der Waals surface area contributed by atoms with E-state index in [-0.39, 0.29) is 12.5 Å². The molecule has 0 aliphatic heterocycles. The molecule has 2 bridgehead atoms. The van der Waals surface area contributed by atoms with E-state index in [2.05, 4.69) is 10.5 Å². The lowest BCUT2D eigenvalue weighted by Gasteiger charge is -2.11. The first-order valence-electron chi connectivity index (χ1n) is 6.94. The smallest absolute Gasteiger partial charge is 0.277 e. The molecule has 20 heavy (non-hydrogen) atoms. The topological polar surface area (TPSA) is 50.7 Å². The number of benzene rings is 1. The van der Waals surface area contributed by atoms with Crippen LogP contribution in [0.4, 0.5) is 0 Å². The fraction of sp³-hybridized carbons (Fsp3) is 0.467. The predicted molar refractivity (Wildman–Crippen MR) is 78.0 cm³/mol. The number of nitrogens with one attached hydrogen (secondary N) is 1. The molecule has 2 aliphatic rings. The first kappa shape index (κ1) is 13.4. The minimum atomic E-state index is -0.227. The molecule has 5 heteroatoms. The second-order valence-corrected chi connectivity index (χ2v) is 5.90. The molecule has 2 atom stereocenters. The van der Waals surface area contributed by atoms with Crippen LogP contribution in [0, 0.1) is 11.8 Å². The van der Waals surface area contributed by atoms with E-state index >= 15 is 0 Å². The maximum Gasteiger partial charge on any atom is 0.277 e. The average Bonchev–Trinajstić information content (AvgIpc) is 3.07. The zero-order chi connectivity index (χ0) is 13.9. The molecule has 0 heterocycles. The van der Waals surface area contributed by atoms with Crippen molar-refractivity contribution in [1.29, 1.82) is 0 Å². The molecule has 4 nitrogen and oxygen atoms in total. The normalized spacial score (nSPS) is 25.9. The summed E-state index contributed by atoms with van der Waals surface area (Å²) in [5.74, 6) is 1.78. The molecule has 0 radical (unpaired) electrons. The molecule has 1 aromatic carbocycles. The van der Waals surface area contributed by atoms with Crippen LogP contribution in [0.5, 0.6) is 5.75 Å². The van der Waals surface area contributed by atoms with E-state index in [1.54, 1.807) is 24.3 Å². The molecular formula is C15H17ClN2O2. The van der Waals surface area contributed by atoms with Crippen molar-refractivity contribution in [3.8, 4) is 5.75 Å². The van der Waals surface area contributed by atoms with Gasteiger partial charge in [-0.05, 0) is 61.8 Å². The first-order chi connectivity index (χ1) is 9.70. The summed E-state index contributed by atoms with van der Waals surface area (Å²) in [6, 6.07) is 6.92. The molecule has 0 spiro atoms. The van der Waals surface area contributed by atoms with Gasteiger partial charge in [-0.25, -0.2) is 5.43 Å². The third-order valence-corrected chi connectivity index (χ3v) is 4.27. The summed E-state index contributed by atoms with van der Waals surface area (Å²) in [5, 5.41) is 4.89. The fourth-order valence-electron chi connectivity index (χ4n) is 3.01. The number of fused-ring (bicyclic) bond motifs is 2. The zero-order valence-corrected chi connectivity index (χ0v) is 11.9. The fourth-order valence-corrected chi connectivity index (χ4v) is 3.13.